The summed E-state index contributed by atoms with van der Waals surface area (Å²) in [4.78, 5) is 22.6. The van der Waals surface area contributed by atoms with Crippen molar-refractivity contribution < 1.29 is 36.4 Å². The molecule has 0 aromatic heterocycles. The van der Waals surface area contributed by atoms with Crippen molar-refractivity contribution in [3.8, 4) is 0 Å². The highest BCUT2D eigenvalue weighted by atomic mass is 32.2. The van der Waals surface area contributed by atoms with E-state index < -0.39 is 57.8 Å². The second-order valence-electron chi connectivity index (χ2n) is 5.41. The number of hydrogen-bond donors (Lipinski definition) is 0. The van der Waals surface area contributed by atoms with Crippen LogP contribution in [0.1, 0.15) is 13.3 Å². The van der Waals surface area contributed by atoms with Gasteiger partial charge in [0.2, 0.25) is 0 Å². The molecule has 0 radical (unpaired) electrons. The fraction of sp³-hybridized carbons (Fsp3) is 0.667. The summed E-state index contributed by atoms with van der Waals surface area (Å²) in [6.45, 7) is 4.30. The molecule has 5 unspecified atom stereocenters. The van der Waals surface area contributed by atoms with Gasteiger partial charge in [0.15, 0.2) is 12.7 Å². The quantitative estimate of drug-likeness (QED) is 0.380. The normalized spacial score (nSPS) is 41.8. The van der Waals surface area contributed by atoms with Crippen molar-refractivity contribution in [1.29, 1.82) is 0 Å². The molecule has 9 heteroatoms. The van der Waals surface area contributed by atoms with Crippen molar-refractivity contribution in [3.63, 3.8) is 0 Å². The van der Waals surface area contributed by atoms with E-state index in [4.69, 9.17) is 13.7 Å². The van der Waals surface area contributed by atoms with Crippen molar-refractivity contribution >= 4 is 22.1 Å². The zero-order chi connectivity index (χ0) is 15.4. The van der Waals surface area contributed by atoms with Crippen molar-refractivity contribution in [2.24, 2.45) is 0 Å². The Balaban J connectivity index is 1.69. The fourth-order valence-corrected chi connectivity index (χ4v) is 4.82. The third-order valence-electron chi connectivity index (χ3n) is 3.98. The van der Waals surface area contributed by atoms with E-state index in [-0.39, 0.29) is 6.42 Å². The monoisotopic (exact) mass is 318 g/mol. The number of rotatable bonds is 4. The molecule has 0 aliphatic carbocycles. The van der Waals surface area contributed by atoms with E-state index in [1.165, 1.54) is 0 Å². The van der Waals surface area contributed by atoms with Gasteiger partial charge in [-0.05, 0) is 6.92 Å². The molecule has 0 saturated carbocycles. The predicted molar refractivity (Wildman–Crippen MR) is 66.5 cm³/mol. The highest BCUT2D eigenvalue weighted by Crippen LogP contribution is 2.53. The summed E-state index contributed by atoms with van der Waals surface area (Å²) < 4.78 is 44.0. The molecule has 8 nitrogen and oxygen atoms in total. The van der Waals surface area contributed by atoms with Gasteiger partial charge in [-0.15, -0.1) is 0 Å². The van der Waals surface area contributed by atoms with Crippen LogP contribution in [0.5, 0.6) is 0 Å². The second-order valence-corrected chi connectivity index (χ2v) is 7.20. The van der Waals surface area contributed by atoms with E-state index in [0.29, 0.717) is 0 Å². The first-order valence-corrected chi connectivity index (χ1v) is 7.82. The molecule has 21 heavy (non-hydrogen) atoms. The number of carbonyl (C=O) groups is 2. The molecule has 0 amide bonds. The average Bonchev–Trinajstić information content (AvgIpc) is 2.95. The molecule has 3 aliphatic heterocycles. The fourth-order valence-electron chi connectivity index (χ4n) is 3.09. The second kappa shape index (κ2) is 4.52. The number of esters is 2. The number of carbonyl (C=O) groups excluding carboxylic acids is 2. The van der Waals surface area contributed by atoms with Gasteiger partial charge >= 0.3 is 11.9 Å². The zero-order valence-electron chi connectivity index (χ0n) is 11.2. The summed E-state index contributed by atoms with van der Waals surface area (Å²) in [6, 6.07) is 0. The molecule has 116 valence electrons. The molecule has 3 fully saturated rings. The maximum atomic E-state index is 11.8. The van der Waals surface area contributed by atoms with Crippen molar-refractivity contribution in [2.75, 3.05) is 6.61 Å². The molecule has 0 aromatic carbocycles. The maximum absolute atomic E-state index is 11.8. The van der Waals surface area contributed by atoms with Gasteiger partial charge in [-0.3, -0.25) is 4.18 Å². The SMILES string of the molecule is C=CC(=O)OCC(=O)OC1C2OS(=O)(=O)C3CC1(C)OC23. The largest absolute Gasteiger partial charge is 0.454 e. The van der Waals surface area contributed by atoms with Crippen LogP contribution in [-0.4, -0.2) is 56.1 Å². The van der Waals surface area contributed by atoms with Gasteiger partial charge in [0.1, 0.15) is 23.1 Å². The number of hydrogen-bond acceptors (Lipinski definition) is 8. The summed E-state index contributed by atoms with van der Waals surface area (Å²) in [5.74, 6) is -1.54. The molecule has 3 rings (SSSR count). The molecule has 5 atom stereocenters. The first kappa shape index (κ1) is 14.5. The van der Waals surface area contributed by atoms with Crippen molar-refractivity contribution in [3.05, 3.63) is 12.7 Å². The van der Waals surface area contributed by atoms with Gasteiger partial charge in [-0.2, -0.15) is 8.42 Å². The van der Waals surface area contributed by atoms with Crippen molar-refractivity contribution in [2.45, 2.75) is 42.5 Å². The molecular formula is C12H14O8S. The highest BCUT2D eigenvalue weighted by molar-refractivity contribution is 7.87. The Morgan fingerprint density at radius 1 is 1.43 bits per heavy atom. The Labute approximate surface area is 121 Å². The summed E-state index contributed by atoms with van der Waals surface area (Å²) in [6.07, 6.45) is -1.16. The minimum absolute atomic E-state index is 0.209. The minimum Gasteiger partial charge on any atom is -0.454 e. The molecule has 3 aliphatic rings. The van der Waals surface area contributed by atoms with Crippen LogP contribution in [-0.2, 0) is 38.1 Å². The lowest BCUT2D eigenvalue weighted by Gasteiger charge is -2.29. The maximum Gasteiger partial charge on any atom is 0.344 e. The molecule has 2 bridgehead atoms. The first-order valence-electron chi connectivity index (χ1n) is 6.35. The Kier molecular flexibility index (Phi) is 3.12. The average molecular weight is 318 g/mol. The van der Waals surface area contributed by atoms with Crippen LogP contribution in [0.2, 0.25) is 0 Å². The van der Waals surface area contributed by atoms with Crippen molar-refractivity contribution in [1.82, 2.24) is 0 Å². The van der Waals surface area contributed by atoms with Gasteiger partial charge in [0, 0.05) is 12.5 Å². The van der Waals surface area contributed by atoms with E-state index in [2.05, 4.69) is 11.3 Å². The smallest absolute Gasteiger partial charge is 0.344 e. The van der Waals surface area contributed by atoms with E-state index in [1.54, 1.807) is 6.92 Å². The lowest BCUT2D eigenvalue weighted by Crippen LogP contribution is -2.47. The molecule has 0 aromatic rings. The van der Waals surface area contributed by atoms with Gasteiger partial charge in [0.05, 0.1) is 0 Å². The van der Waals surface area contributed by atoms with Crippen LogP contribution in [0.3, 0.4) is 0 Å². The van der Waals surface area contributed by atoms with Crippen LogP contribution in [0.25, 0.3) is 0 Å². The zero-order valence-corrected chi connectivity index (χ0v) is 12.0. The summed E-state index contributed by atoms with van der Waals surface area (Å²) in [5, 5.41) is -0.707. The summed E-state index contributed by atoms with van der Waals surface area (Å²) in [7, 11) is -3.68. The van der Waals surface area contributed by atoms with E-state index in [1.807, 2.05) is 0 Å². The van der Waals surface area contributed by atoms with Crippen LogP contribution in [0, 0.1) is 0 Å². The lowest BCUT2D eigenvalue weighted by atomic mass is 9.85. The van der Waals surface area contributed by atoms with Crippen LogP contribution >= 0.6 is 0 Å². The van der Waals surface area contributed by atoms with Gasteiger partial charge in [-0.1, -0.05) is 6.58 Å². The van der Waals surface area contributed by atoms with Crippen LogP contribution < -0.4 is 0 Å². The van der Waals surface area contributed by atoms with Gasteiger partial charge in [-0.25, -0.2) is 9.59 Å². The standard InChI is InChI=1S/C12H14O8S/c1-3-7(13)17-5-8(14)18-11-10-9-6(21(15,16)20-10)4-12(11,2)19-9/h3,6,9-11H,1,4-5H2,2H3. The Morgan fingerprint density at radius 2 is 2.14 bits per heavy atom. The van der Waals surface area contributed by atoms with Crippen LogP contribution in [0.4, 0.5) is 0 Å². The molecule has 3 saturated heterocycles. The number of ether oxygens (including phenoxy) is 3. The molecule has 0 spiro atoms. The Bertz CT molecular complexity index is 611. The topological polar surface area (TPSA) is 105 Å². The Morgan fingerprint density at radius 3 is 2.81 bits per heavy atom. The van der Waals surface area contributed by atoms with Gasteiger partial charge < -0.3 is 14.2 Å². The lowest BCUT2D eigenvalue weighted by molar-refractivity contribution is -0.168. The summed E-state index contributed by atoms with van der Waals surface area (Å²) in [5.41, 5.74) is -0.901. The predicted octanol–water partition coefficient (Wildman–Crippen LogP) is -0.714. The molecule has 0 N–H and O–H groups in total. The highest BCUT2D eigenvalue weighted by Gasteiger charge is 2.72. The number of fused-ring (bicyclic) bond motifs is 1. The van der Waals surface area contributed by atoms with E-state index in [0.717, 1.165) is 6.08 Å². The molecular weight excluding hydrogens is 304 g/mol. The minimum atomic E-state index is -3.68. The Hall–Kier alpha value is -1.45. The van der Waals surface area contributed by atoms with Crippen LogP contribution in [0.15, 0.2) is 12.7 Å². The third-order valence-corrected chi connectivity index (χ3v) is 5.64. The third kappa shape index (κ3) is 2.16. The van der Waals surface area contributed by atoms with E-state index in [9.17, 15) is 18.0 Å². The van der Waals surface area contributed by atoms with Gasteiger partial charge in [0.25, 0.3) is 10.1 Å². The molecule has 3 heterocycles. The first-order chi connectivity index (χ1) is 9.77. The van der Waals surface area contributed by atoms with E-state index >= 15 is 0 Å². The summed E-state index contributed by atoms with van der Waals surface area (Å²) >= 11 is 0.